The summed E-state index contributed by atoms with van der Waals surface area (Å²) in [5.74, 6) is -0.0575. The first-order chi connectivity index (χ1) is 13.2. The maximum absolute atomic E-state index is 12.5. The number of sulfone groups is 1. The lowest BCUT2D eigenvalue weighted by Gasteiger charge is -2.29. The third-order valence-corrected chi connectivity index (χ3v) is 6.15. The number of hydrogen-bond acceptors (Lipinski definition) is 6. The zero-order chi connectivity index (χ0) is 20.7. The van der Waals surface area contributed by atoms with Gasteiger partial charge in [-0.3, -0.25) is 4.79 Å². The molecule has 0 aliphatic carbocycles. The number of amides is 1. The van der Waals surface area contributed by atoms with Gasteiger partial charge in [-0.15, -0.1) is 0 Å². The zero-order valence-electron chi connectivity index (χ0n) is 16.5. The van der Waals surface area contributed by atoms with E-state index in [4.69, 9.17) is 9.47 Å². The first kappa shape index (κ1) is 21.9. The largest absolute Gasteiger partial charge is 0.497 e. The number of methoxy groups -OCH3 is 1. The number of hydrogen-bond donors (Lipinski definition) is 0. The fraction of sp³-hybridized carbons (Fsp3) is 0.500. The van der Waals surface area contributed by atoms with Gasteiger partial charge in [0.2, 0.25) is 0 Å². The summed E-state index contributed by atoms with van der Waals surface area (Å²) in [4.78, 5) is 26.0. The van der Waals surface area contributed by atoms with Crippen LogP contribution in [0.4, 0.5) is 0 Å². The standard InChI is InChI=1S/C20H27NO6S/c1-15(2)12-21(17-10-11-28(24,25)14-17)19(22)13-27-20(23)9-6-16-4-7-18(26-3)8-5-16/h4-9,15,17H,10-14H2,1-3H3/b9-6+/t17-/m1/s1. The van der Waals surface area contributed by atoms with E-state index in [0.717, 1.165) is 5.56 Å². The van der Waals surface area contributed by atoms with E-state index in [-0.39, 0.29) is 29.4 Å². The molecule has 0 N–H and O–H groups in total. The Morgan fingerprint density at radius 2 is 1.93 bits per heavy atom. The predicted octanol–water partition coefficient (Wildman–Crippen LogP) is 1.92. The van der Waals surface area contributed by atoms with Crippen molar-refractivity contribution in [3.63, 3.8) is 0 Å². The van der Waals surface area contributed by atoms with Gasteiger partial charge in [-0.25, -0.2) is 13.2 Å². The Kier molecular flexibility index (Phi) is 7.62. The van der Waals surface area contributed by atoms with Gasteiger partial charge in [0, 0.05) is 18.7 Å². The van der Waals surface area contributed by atoms with Gasteiger partial charge in [0.1, 0.15) is 5.75 Å². The van der Waals surface area contributed by atoms with E-state index in [1.165, 1.54) is 11.0 Å². The molecule has 8 heteroatoms. The van der Waals surface area contributed by atoms with Crippen LogP contribution in [-0.2, 0) is 24.2 Å². The Balaban J connectivity index is 1.91. The molecule has 2 rings (SSSR count). The molecular formula is C20H27NO6S. The summed E-state index contributed by atoms with van der Waals surface area (Å²) in [6, 6.07) is 6.77. The highest BCUT2D eigenvalue weighted by Crippen LogP contribution is 2.19. The molecule has 1 fully saturated rings. The Labute approximate surface area is 166 Å². The maximum atomic E-state index is 12.5. The highest BCUT2D eigenvalue weighted by atomic mass is 32.2. The van der Waals surface area contributed by atoms with E-state index in [9.17, 15) is 18.0 Å². The molecule has 1 aromatic carbocycles. The molecule has 7 nitrogen and oxygen atoms in total. The highest BCUT2D eigenvalue weighted by Gasteiger charge is 2.35. The van der Waals surface area contributed by atoms with Crippen LogP contribution in [0.1, 0.15) is 25.8 Å². The van der Waals surface area contributed by atoms with E-state index >= 15 is 0 Å². The normalized spacial score (nSPS) is 18.4. The molecule has 0 radical (unpaired) electrons. The van der Waals surface area contributed by atoms with Gasteiger partial charge in [0.25, 0.3) is 5.91 Å². The number of carbonyl (C=O) groups is 2. The van der Waals surface area contributed by atoms with Crippen LogP contribution in [0.3, 0.4) is 0 Å². The monoisotopic (exact) mass is 409 g/mol. The smallest absolute Gasteiger partial charge is 0.331 e. The second kappa shape index (κ2) is 9.73. The van der Waals surface area contributed by atoms with Crippen molar-refractivity contribution >= 4 is 27.8 Å². The second-order valence-electron chi connectivity index (χ2n) is 7.21. The van der Waals surface area contributed by atoms with Crippen molar-refractivity contribution in [3.05, 3.63) is 35.9 Å². The molecule has 1 amide bonds. The molecule has 0 bridgehead atoms. The number of esters is 1. The topological polar surface area (TPSA) is 90.0 Å². The minimum absolute atomic E-state index is 0.0310. The zero-order valence-corrected chi connectivity index (χ0v) is 17.3. The van der Waals surface area contributed by atoms with Gasteiger partial charge in [-0.05, 0) is 36.1 Å². The van der Waals surface area contributed by atoms with Gasteiger partial charge in [-0.2, -0.15) is 0 Å². The minimum atomic E-state index is -3.11. The van der Waals surface area contributed by atoms with Crippen molar-refractivity contribution < 1.29 is 27.5 Å². The molecule has 1 saturated heterocycles. The molecule has 0 aromatic heterocycles. The molecule has 28 heavy (non-hydrogen) atoms. The summed E-state index contributed by atoms with van der Waals surface area (Å²) in [5.41, 5.74) is 0.793. The van der Waals surface area contributed by atoms with Crippen LogP contribution in [0.25, 0.3) is 6.08 Å². The average Bonchev–Trinajstić information content (AvgIpc) is 3.02. The van der Waals surface area contributed by atoms with Gasteiger partial charge in [0.05, 0.1) is 18.6 Å². The van der Waals surface area contributed by atoms with Crippen LogP contribution in [0.2, 0.25) is 0 Å². The summed E-state index contributed by atoms with van der Waals surface area (Å²) in [6.45, 7) is 3.92. The average molecular weight is 410 g/mol. The van der Waals surface area contributed by atoms with Crippen LogP contribution in [0.5, 0.6) is 5.75 Å². The minimum Gasteiger partial charge on any atom is -0.497 e. The Morgan fingerprint density at radius 1 is 1.25 bits per heavy atom. The van der Waals surface area contributed by atoms with Crippen molar-refractivity contribution in [2.75, 3.05) is 31.8 Å². The summed E-state index contributed by atoms with van der Waals surface area (Å²) in [6.07, 6.45) is 3.26. The molecule has 1 aliphatic heterocycles. The van der Waals surface area contributed by atoms with Crippen molar-refractivity contribution in [2.24, 2.45) is 5.92 Å². The van der Waals surface area contributed by atoms with E-state index in [0.29, 0.717) is 18.7 Å². The van der Waals surface area contributed by atoms with Crippen molar-refractivity contribution in [1.29, 1.82) is 0 Å². The van der Waals surface area contributed by atoms with Gasteiger partial charge in [-0.1, -0.05) is 26.0 Å². The number of ether oxygens (including phenoxy) is 2. The lowest BCUT2D eigenvalue weighted by Crippen LogP contribution is -2.45. The molecule has 0 saturated carbocycles. The molecule has 154 valence electrons. The second-order valence-corrected chi connectivity index (χ2v) is 9.44. The Bertz CT molecular complexity index is 814. The first-order valence-corrected chi connectivity index (χ1v) is 11.0. The summed E-state index contributed by atoms with van der Waals surface area (Å²) >= 11 is 0. The van der Waals surface area contributed by atoms with Crippen LogP contribution in [-0.4, -0.2) is 63.0 Å². The lowest BCUT2D eigenvalue weighted by molar-refractivity contribution is -0.149. The number of rotatable bonds is 8. The van der Waals surface area contributed by atoms with Crippen LogP contribution in [0.15, 0.2) is 30.3 Å². The van der Waals surface area contributed by atoms with Crippen LogP contribution >= 0.6 is 0 Å². The summed E-state index contributed by atoms with van der Waals surface area (Å²) in [7, 11) is -1.53. The molecular weight excluding hydrogens is 382 g/mol. The van der Waals surface area contributed by atoms with Crippen molar-refractivity contribution in [3.8, 4) is 5.75 Å². The number of benzene rings is 1. The number of carbonyl (C=O) groups excluding carboxylic acids is 2. The van der Waals surface area contributed by atoms with Crippen molar-refractivity contribution in [1.82, 2.24) is 4.90 Å². The van der Waals surface area contributed by atoms with Crippen LogP contribution in [0, 0.1) is 5.92 Å². The molecule has 1 aromatic rings. The first-order valence-electron chi connectivity index (χ1n) is 9.19. The van der Waals surface area contributed by atoms with E-state index < -0.39 is 22.4 Å². The lowest BCUT2D eigenvalue weighted by atomic mass is 10.1. The van der Waals surface area contributed by atoms with E-state index in [1.807, 2.05) is 13.8 Å². The van der Waals surface area contributed by atoms with Crippen LogP contribution < -0.4 is 4.74 Å². The molecule has 1 aliphatic rings. The van der Waals surface area contributed by atoms with Crippen molar-refractivity contribution in [2.45, 2.75) is 26.3 Å². The number of nitrogens with zero attached hydrogens (tertiary/aromatic N) is 1. The molecule has 1 atom stereocenters. The Hall–Kier alpha value is -2.35. The van der Waals surface area contributed by atoms with Gasteiger partial charge < -0.3 is 14.4 Å². The van der Waals surface area contributed by atoms with E-state index in [1.54, 1.807) is 37.5 Å². The third kappa shape index (κ3) is 6.67. The van der Waals surface area contributed by atoms with Gasteiger partial charge >= 0.3 is 5.97 Å². The van der Waals surface area contributed by atoms with Gasteiger partial charge in [0.15, 0.2) is 16.4 Å². The molecule has 0 unspecified atom stereocenters. The Morgan fingerprint density at radius 3 is 2.46 bits per heavy atom. The molecule has 0 spiro atoms. The maximum Gasteiger partial charge on any atom is 0.331 e. The van der Waals surface area contributed by atoms with E-state index in [2.05, 4.69) is 0 Å². The third-order valence-electron chi connectivity index (χ3n) is 4.40. The predicted molar refractivity (Wildman–Crippen MR) is 107 cm³/mol. The molecule has 1 heterocycles. The SMILES string of the molecule is COc1ccc(/C=C/C(=O)OCC(=O)N(CC(C)C)[C@@H]2CCS(=O)(=O)C2)cc1. The summed E-state index contributed by atoms with van der Waals surface area (Å²) < 4.78 is 33.6. The highest BCUT2D eigenvalue weighted by molar-refractivity contribution is 7.91. The summed E-state index contributed by atoms with van der Waals surface area (Å²) in [5, 5.41) is 0. The fourth-order valence-corrected chi connectivity index (χ4v) is 4.74. The quantitative estimate of drug-likeness (QED) is 0.481. The fourth-order valence-electron chi connectivity index (χ4n) is 3.01.